The van der Waals surface area contributed by atoms with Crippen molar-refractivity contribution in [3.05, 3.63) is 97.1 Å². The lowest BCUT2D eigenvalue weighted by Gasteiger charge is -2.26. The Morgan fingerprint density at radius 3 is 2.29 bits per heavy atom. The van der Waals surface area contributed by atoms with E-state index >= 15 is 0 Å². The number of hydrogen-bond donors (Lipinski definition) is 2. The molecule has 0 saturated carbocycles. The fourth-order valence-corrected chi connectivity index (χ4v) is 5.22. The first-order valence-corrected chi connectivity index (χ1v) is 15.3. The quantitative estimate of drug-likeness (QED) is 0.118. The smallest absolute Gasteiger partial charge is 0.305 e. The van der Waals surface area contributed by atoms with Gasteiger partial charge in [-0.3, -0.25) is 14.4 Å². The van der Waals surface area contributed by atoms with Crippen LogP contribution in [0.2, 0.25) is 0 Å². The lowest BCUT2D eigenvalue weighted by molar-refractivity contribution is -0.145. The molecule has 0 aliphatic carbocycles. The SMILES string of the molecule is C=CCCCCC(=O)OC[C@H](CSCc1ccccc1)NC(=O)[C@H](CC=C)CC(=O)N(CCO)Cc1ccccc1. The van der Waals surface area contributed by atoms with Gasteiger partial charge in [0, 0.05) is 37.4 Å². The summed E-state index contributed by atoms with van der Waals surface area (Å²) in [7, 11) is 0. The topological polar surface area (TPSA) is 95.9 Å². The van der Waals surface area contributed by atoms with E-state index in [0.29, 0.717) is 25.1 Å². The zero-order valence-electron chi connectivity index (χ0n) is 23.9. The van der Waals surface area contributed by atoms with Gasteiger partial charge in [0.2, 0.25) is 11.8 Å². The van der Waals surface area contributed by atoms with Gasteiger partial charge in [0.1, 0.15) is 6.61 Å². The number of unbranched alkanes of at least 4 members (excludes halogenated alkanes) is 2. The summed E-state index contributed by atoms with van der Waals surface area (Å²) in [5.74, 6) is -0.121. The molecular weight excluding hydrogens is 536 g/mol. The van der Waals surface area contributed by atoms with Crippen molar-refractivity contribution in [2.24, 2.45) is 5.92 Å². The molecule has 0 aliphatic rings. The molecule has 7 nitrogen and oxygen atoms in total. The molecular formula is C33H44N2O5S. The van der Waals surface area contributed by atoms with Crippen LogP contribution in [0.5, 0.6) is 0 Å². The maximum Gasteiger partial charge on any atom is 0.305 e. The molecule has 0 fully saturated rings. The molecule has 0 unspecified atom stereocenters. The van der Waals surface area contributed by atoms with Gasteiger partial charge in [-0.25, -0.2) is 0 Å². The zero-order valence-corrected chi connectivity index (χ0v) is 24.7. The minimum Gasteiger partial charge on any atom is -0.463 e. The lowest BCUT2D eigenvalue weighted by Crippen LogP contribution is -2.45. The number of esters is 1. The Hall–Kier alpha value is -3.36. The summed E-state index contributed by atoms with van der Waals surface area (Å²) < 4.78 is 5.53. The summed E-state index contributed by atoms with van der Waals surface area (Å²) in [4.78, 5) is 40.5. The van der Waals surface area contributed by atoms with Gasteiger partial charge in [0.25, 0.3) is 0 Å². The van der Waals surface area contributed by atoms with Crippen LogP contribution < -0.4 is 5.32 Å². The Bertz CT molecular complexity index is 1060. The number of carbonyl (C=O) groups excluding carboxylic acids is 3. The third-order valence-electron chi connectivity index (χ3n) is 6.44. The van der Waals surface area contributed by atoms with Crippen LogP contribution in [0.3, 0.4) is 0 Å². The number of amides is 2. The van der Waals surface area contributed by atoms with Crippen LogP contribution in [0.1, 0.15) is 49.7 Å². The maximum absolute atomic E-state index is 13.4. The van der Waals surface area contributed by atoms with E-state index in [1.165, 1.54) is 5.56 Å². The van der Waals surface area contributed by atoms with Gasteiger partial charge in [0.05, 0.1) is 18.6 Å². The highest BCUT2D eigenvalue weighted by Crippen LogP contribution is 2.17. The van der Waals surface area contributed by atoms with Gasteiger partial charge in [-0.05, 0) is 36.8 Å². The third kappa shape index (κ3) is 14.2. The molecule has 2 amide bonds. The number of allylic oxidation sites excluding steroid dienone is 2. The number of aliphatic hydroxyl groups excluding tert-OH is 1. The first kappa shape index (κ1) is 33.8. The minimum atomic E-state index is -0.631. The second-order valence-electron chi connectivity index (χ2n) is 9.87. The van der Waals surface area contributed by atoms with Crippen LogP contribution in [0.25, 0.3) is 0 Å². The van der Waals surface area contributed by atoms with Crippen molar-refractivity contribution in [3.8, 4) is 0 Å². The highest BCUT2D eigenvalue weighted by atomic mass is 32.2. The van der Waals surface area contributed by atoms with E-state index in [0.717, 1.165) is 30.6 Å². The van der Waals surface area contributed by atoms with E-state index in [1.807, 2.05) is 66.7 Å². The summed E-state index contributed by atoms with van der Waals surface area (Å²) >= 11 is 1.64. The summed E-state index contributed by atoms with van der Waals surface area (Å²) in [5, 5.41) is 12.6. The molecule has 0 heterocycles. The van der Waals surface area contributed by atoms with Crippen molar-refractivity contribution in [2.75, 3.05) is 25.5 Å². The summed E-state index contributed by atoms with van der Waals surface area (Å²) in [6, 6.07) is 19.2. The Balaban J connectivity index is 2.02. The van der Waals surface area contributed by atoms with Crippen LogP contribution in [0, 0.1) is 5.92 Å². The fourth-order valence-electron chi connectivity index (χ4n) is 4.21. The monoisotopic (exact) mass is 580 g/mol. The Morgan fingerprint density at radius 2 is 1.66 bits per heavy atom. The predicted octanol–water partition coefficient (Wildman–Crippen LogP) is 5.30. The summed E-state index contributed by atoms with van der Waals surface area (Å²) in [6.07, 6.45) is 6.54. The van der Waals surface area contributed by atoms with Gasteiger partial charge in [-0.2, -0.15) is 11.8 Å². The molecule has 0 spiro atoms. The number of carbonyl (C=O) groups is 3. The Kier molecular flexibility index (Phi) is 16.9. The molecule has 8 heteroatoms. The molecule has 41 heavy (non-hydrogen) atoms. The number of ether oxygens (including phenoxy) is 1. The van der Waals surface area contributed by atoms with Gasteiger partial charge in [-0.15, -0.1) is 13.2 Å². The van der Waals surface area contributed by atoms with Crippen LogP contribution in [0.15, 0.2) is 86.0 Å². The molecule has 2 rings (SSSR count). The lowest BCUT2D eigenvalue weighted by atomic mass is 9.98. The molecule has 2 N–H and O–H groups in total. The third-order valence-corrected chi connectivity index (χ3v) is 7.62. The second kappa shape index (κ2) is 20.5. The fraction of sp³-hybridized carbons (Fsp3) is 0.424. The molecule has 0 radical (unpaired) electrons. The van der Waals surface area contributed by atoms with Crippen LogP contribution in [0.4, 0.5) is 0 Å². The number of hydrogen-bond acceptors (Lipinski definition) is 6. The van der Waals surface area contributed by atoms with Crippen molar-refractivity contribution in [3.63, 3.8) is 0 Å². The highest BCUT2D eigenvalue weighted by molar-refractivity contribution is 7.98. The molecule has 0 saturated heterocycles. The molecule has 0 bridgehead atoms. The van der Waals surface area contributed by atoms with Crippen LogP contribution in [-0.4, -0.2) is 59.3 Å². The number of nitrogens with one attached hydrogen (secondary N) is 1. The van der Waals surface area contributed by atoms with E-state index in [2.05, 4.69) is 18.5 Å². The number of aliphatic hydroxyl groups is 1. The molecule has 222 valence electrons. The van der Waals surface area contributed by atoms with Crippen LogP contribution in [-0.2, 0) is 31.4 Å². The van der Waals surface area contributed by atoms with Gasteiger partial charge in [0.15, 0.2) is 0 Å². The predicted molar refractivity (Wildman–Crippen MR) is 166 cm³/mol. The van der Waals surface area contributed by atoms with E-state index in [4.69, 9.17) is 4.74 Å². The van der Waals surface area contributed by atoms with Crippen molar-refractivity contribution in [2.45, 2.75) is 56.9 Å². The first-order valence-electron chi connectivity index (χ1n) is 14.2. The Labute approximate surface area is 249 Å². The number of benzene rings is 2. The first-order chi connectivity index (χ1) is 20.0. The largest absolute Gasteiger partial charge is 0.463 e. The summed E-state index contributed by atoms with van der Waals surface area (Å²) in [6.45, 7) is 7.90. The molecule has 2 aromatic rings. The number of thioether (sulfide) groups is 1. The Morgan fingerprint density at radius 1 is 0.976 bits per heavy atom. The number of rotatable bonds is 21. The van der Waals surface area contributed by atoms with E-state index in [9.17, 15) is 19.5 Å². The number of nitrogens with zero attached hydrogens (tertiary/aromatic N) is 1. The second-order valence-corrected chi connectivity index (χ2v) is 10.9. The molecule has 0 aliphatic heterocycles. The van der Waals surface area contributed by atoms with Crippen molar-refractivity contribution < 1.29 is 24.2 Å². The average Bonchev–Trinajstić information content (AvgIpc) is 2.98. The standard InChI is InChI=1S/C33H44N2O5S/c1-3-5-6-13-19-32(38)40-24-30(26-41-25-28-17-11-8-12-18-28)34-33(39)29(14-4-2)22-31(37)35(20-21-36)23-27-15-9-7-10-16-27/h3-4,7-12,15-18,29-30,36H,1-2,5-6,13-14,19-26H2,(H,34,39)/t29-,30-/m1/s1. The maximum atomic E-state index is 13.4. The molecule has 2 aromatic carbocycles. The average molecular weight is 581 g/mol. The van der Waals surface area contributed by atoms with E-state index in [1.54, 1.807) is 22.7 Å². The van der Waals surface area contributed by atoms with E-state index < -0.39 is 12.0 Å². The summed E-state index contributed by atoms with van der Waals surface area (Å²) in [5.41, 5.74) is 2.11. The van der Waals surface area contributed by atoms with Gasteiger partial charge in [-0.1, -0.05) is 72.8 Å². The highest BCUT2D eigenvalue weighted by Gasteiger charge is 2.26. The van der Waals surface area contributed by atoms with E-state index in [-0.39, 0.29) is 44.0 Å². The van der Waals surface area contributed by atoms with Crippen molar-refractivity contribution >= 4 is 29.5 Å². The molecule has 0 aromatic heterocycles. The van der Waals surface area contributed by atoms with Crippen molar-refractivity contribution in [1.29, 1.82) is 0 Å². The van der Waals surface area contributed by atoms with Crippen LogP contribution >= 0.6 is 11.8 Å². The minimum absolute atomic E-state index is 0.0162. The normalized spacial score (nSPS) is 12.1. The molecule has 2 atom stereocenters. The van der Waals surface area contributed by atoms with Gasteiger partial charge < -0.3 is 20.1 Å². The van der Waals surface area contributed by atoms with Gasteiger partial charge >= 0.3 is 5.97 Å². The van der Waals surface area contributed by atoms with Crippen molar-refractivity contribution in [1.82, 2.24) is 10.2 Å². The zero-order chi connectivity index (χ0) is 29.7.